The van der Waals surface area contributed by atoms with E-state index in [2.05, 4.69) is 20.8 Å². The Bertz CT molecular complexity index is 112. The molecule has 0 saturated carbocycles. The molecule has 1 rings (SSSR count). The summed E-state index contributed by atoms with van der Waals surface area (Å²) in [4.78, 5) is 0. The third-order valence-electron chi connectivity index (χ3n) is 3.05. The van der Waals surface area contributed by atoms with Gasteiger partial charge in [-0.3, -0.25) is 0 Å². The lowest BCUT2D eigenvalue weighted by atomic mass is 9.80. The van der Waals surface area contributed by atoms with Crippen LogP contribution in [0.3, 0.4) is 0 Å². The molecule has 66 valence electrons. The smallest absolute Gasteiger partial charge is 0.0573 e. The van der Waals surface area contributed by atoms with E-state index < -0.39 is 0 Å². The molecule has 2 unspecified atom stereocenters. The van der Waals surface area contributed by atoms with Crippen molar-refractivity contribution in [3.05, 3.63) is 0 Å². The molecule has 0 amide bonds. The molecule has 0 N–H and O–H groups in total. The van der Waals surface area contributed by atoms with Crippen molar-refractivity contribution in [2.45, 2.75) is 52.6 Å². The van der Waals surface area contributed by atoms with Gasteiger partial charge in [0.1, 0.15) is 0 Å². The van der Waals surface area contributed by atoms with Gasteiger partial charge in [-0.1, -0.05) is 20.8 Å². The molecule has 0 spiro atoms. The van der Waals surface area contributed by atoms with Crippen molar-refractivity contribution in [1.82, 2.24) is 0 Å². The van der Waals surface area contributed by atoms with Crippen LogP contribution in [0.15, 0.2) is 0 Å². The first-order valence-electron chi connectivity index (χ1n) is 4.82. The molecule has 1 saturated heterocycles. The molecule has 1 nitrogen and oxygen atoms in total. The molecule has 1 heteroatoms. The monoisotopic (exact) mass is 156 g/mol. The van der Waals surface area contributed by atoms with E-state index >= 15 is 0 Å². The molecule has 0 aromatic heterocycles. The predicted octanol–water partition coefficient (Wildman–Crippen LogP) is 2.99. The topological polar surface area (TPSA) is 9.23 Å². The van der Waals surface area contributed by atoms with E-state index in [1.807, 2.05) is 0 Å². The average molecular weight is 156 g/mol. The molecule has 1 aliphatic heterocycles. The van der Waals surface area contributed by atoms with E-state index in [0.29, 0.717) is 11.5 Å². The summed E-state index contributed by atoms with van der Waals surface area (Å²) in [7, 11) is 0. The predicted molar refractivity (Wildman–Crippen MR) is 47.7 cm³/mol. The van der Waals surface area contributed by atoms with Crippen LogP contribution in [0.25, 0.3) is 0 Å². The highest BCUT2D eigenvalue weighted by Gasteiger charge is 2.29. The molecule has 0 radical (unpaired) electrons. The quantitative estimate of drug-likeness (QED) is 0.597. The lowest BCUT2D eigenvalue weighted by Crippen LogP contribution is -2.32. The van der Waals surface area contributed by atoms with E-state index in [-0.39, 0.29) is 0 Å². The summed E-state index contributed by atoms with van der Waals surface area (Å²) in [6, 6.07) is 0. The normalized spacial score (nSPS) is 39.0. The van der Waals surface area contributed by atoms with Crippen molar-refractivity contribution in [2.24, 2.45) is 5.41 Å². The van der Waals surface area contributed by atoms with Crippen LogP contribution in [0.1, 0.15) is 46.5 Å². The molecule has 0 bridgehead atoms. The van der Waals surface area contributed by atoms with Crippen molar-refractivity contribution in [3.63, 3.8) is 0 Å². The lowest BCUT2D eigenvalue weighted by molar-refractivity contribution is -0.0577. The minimum atomic E-state index is 0.478. The summed E-state index contributed by atoms with van der Waals surface area (Å²) in [5, 5.41) is 0. The summed E-state index contributed by atoms with van der Waals surface area (Å²) in [6.45, 7) is 7.77. The van der Waals surface area contributed by atoms with Gasteiger partial charge in [-0.05, 0) is 31.1 Å². The number of hydrogen-bond acceptors (Lipinski definition) is 1. The van der Waals surface area contributed by atoms with Crippen LogP contribution in [-0.4, -0.2) is 12.7 Å². The molecule has 1 fully saturated rings. The maximum absolute atomic E-state index is 5.73. The molecule has 11 heavy (non-hydrogen) atoms. The average Bonchev–Trinajstić information content (AvgIpc) is 2.06. The largest absolute Gasteiger partial charge is 0.378 e. The first kappa shape index (κ1) is 9.05. The fraction of sp³-hybridized carbons (Fsp3) is 1.00. The Morgan fingerprint density at radius 3 is 2.55 bits per heavy atom. The Kier molecular flexibility index (Phi) is 2.94. The first-order valence-corrected chi connectivity index (χ1v) is 4.82. The summed E-state index contributed by atoms with van der Waals surface area (Å²) < 4.78 is 5.73. The Morgan fingerprint density at radius 2 is 2.18 bits per heavy atom. The molecular formula is C10H20O. The van der Waals surface area contributed by atoms with E-state index in [4.69, 9.17) is 4.74 Å². The summed E-state index contributed by atoms with van der Waals surface area (Å²) in [6.07, 6.45) is 5.60. The Hall–Kier alpha value is -0.0400. The Morgan fingerprint density at radius 1 is 1.45 bits per heavy atom. The van der Waals surface area contributed by atoms with Crippen LogP contribution in [0.2, 0.25) is 0 Å². The maximum atomic E-state index is 5.73. The second-order valence-electron chi connectivity index (χ2n) is 4.04. The Labute approximate surface area is 70.1 Å². The fourth-order valence-electron chi connectivity index (χ4n) is 1.58. The number of ether oxygens (including phenoxy) is 1. The van der Waals surface area contributed by atoms with Gasteiger partial charge in [-0.15, -0.1) is 0 Å². The third kappa shape index (κ3) is 2.19. The van der Waals surface area contributed by atoms with Gasteiger partial charge in [0, 0.05) is 0 Å². The maximum Gasteiger partial charge on any atom is 0.0573 e. The second-order valence-corrected chi connectivity index (χ2v) is 4.04. The highest BCUT2D eigenvalue weighted by Crippen LogP contribution is 2.34. The van der Waals surface area contributed by atoms with Crippen LogP contribution < -0.4 is 0 Å². The zero-order chi connectivity index (χ0) is 8.32. The van der Waals surface area contributed by atoms with Gasteiger partial charge in [0.25, 0.3) is 0 Å². The van der Waals surface area contributed by atoms with Gasteiger partial charge in [0.05, 0.1) is 12.7 Å². The molecule has 1 heterocycles. The molecule has 2 atom stereocenters. The molecular weight excluding hydrogens is 136 g/mol. The van der Waals surface area contributed by atoms with Crippen molar-refractivity contribution in [1.29, 1.82) is 0 Å². The first-order chi connectivity index (χ1) is 5.20. The minimum Gasteiger partial charge on any atom is -0.378 e. The summed E-state index contributed by atoms with van der Waals surface area (Å²) in [5.41, 5.74) is 0.478. The van der Waals surface area contributed by atoms with Crippen LogP contribution in [0.5, 0.6) is 0 Å². The van der Waals surface area contributed by atoms with Crippen molar-refractivity contribution < 1.29 is 4.74 Å². The van der Waals surface area contributed by atoms with Crippen LogP contribution in [0.4, 0.5) is 0 Å². The van der Waals surface area contributed by atoms with Crippen molar-refractivity contribution in [2.75, 3.05) is 6.61 Å². The Balaban J connectivity index is 2.35. The SMILES string of the molecule is CCC1CCC(C)(CC)CO1. The standard InChI is InChI=1S/C10H20O/c1-4-9-6-7-10(3,5-2)8-11-9/h9H,4-8H2,1-3H3. The zero-order valence-electron chi connectivity index (χ0n) is 8.02. The number of hydrogen-bond donors (Lipinski definition) is 0. The van der Waals surface area contributed by atoms with Gasteiger partial charge in [-0.2, -0.15) is 0 Å². The van der Waals surface area contributed by atoms with Crippen LogP contribution >= 0.6 is 0 Å². The van der Waals surface area contributed by atoms with Gasteiger partial charge in [-0.25, -0.2) is 0 Å². The van der Waals surface area contributed by atoms with E-state index in [9.17, 15) is 0 Å². The molecule has 1 aliphatic rings. The molecule has 0 aromatic rings. The van der Waals surface area contributed by atoms with Gasteiger partial charge >= 0.3 is 0 Å². The highest BCUT2D eigenvalue weighted by molar-refractivity contribution is 4.78. The molecule has 0 aromatic carbocycles. The zero-order valence-corrected chi connectivity index (χ0v) is 8.02. The van der Waals surface area contributed by atoms with Gasteiger partial charge < -0.3 is 4.74 Å². The lowest BCUT2D eigenvalue weighted by Gasteiger charge is -2.36. The van der Waals surface area contributed by atoms with Gasteiger partial charge in [0.15, 0.2) is 0 Å². The minimum absolute atomic E-state index is 0.478. The van der Waals surface area contributed by atoms with Crippen molar-refractivity contribution >= 4 is 0 Å². The highest BCUT2D eigenvalue weighted by atomic mass is 16.5. The van der Waals surface area contributed by atoms with E-state index in [1.54, 1.807) is 0 Å². The van der Waals surface area contributed by atoms with Crippen molar-refractivity contribution in [3.8, 4) is 0 Å². The number of rotatable bonds is 2. The second kappa shape index (κ2) is 3.57. The summed E-state index contributed by atoms with van der Waals surface area (Å²) >= 11 is 0. The fourth-order valence-corrected chi connectivity index (χ4v) is 1.58. The van der Waals surface area contributed by atoms with Crippen LogP contribution in [-0.2, 0) is 4.74 Å². The van der Waals surface area contributed by atoms with E-state index in [1.165, 1.54) is 25.7 Å². The summed E-state index contributed by atoms with van der Waals surface area (Å²) in [5.74, 6) is 0. The van der Waals surface area contributed by atoms with E-state index in [0.717, 1.165) is 6.61 Å². The third-order valence-corrected chi connectivity index (χ3v) is 3.05. The van der Waals surface area contributed by atoms with Gasteiger partial charge in [0.2, 0.25) is 0 Å². The van der Waals surface area contributed by atoms with Crippen LogP contribution in [0, 0.1) is 5.41 Å². The molecule has 0 aliphatic carbocycles.